The first-order valence-corrected chi connectivity index (χ1v) is 6.15. The monoisotopic (exact) mass is 229 g/mol. The van der Waals surface area contributed by atoms with Gasteiger partial charge in [0.15, 0.2) is 0 Å². The summed E-state index contributed by atoms with van der Waals surface area (Å²) in [5.41, 5.74) is 2.47. The van der Waals surface area contributed by atoms with E-state index in [2.05, 4.69) is 29.8 Å². The molecule has 0 radical (unpaired) electrons. The van der Waals surface area contributed by atoms with Crippen LogP contribution in [0, 0.1) is 5.92 Å². The van der Waals surface area contributed by atoms with Gasteiger partial charge in [-0.1, -0.05) is 32.0 Å². The van der Waals surface area contributed by atoms with Crippen molar-refractivity contribution in [2.75, 3.05) is 0 Å². The third-order valence-corrected chi connectivity index (χ3v) is 3.32. The molecule has 0 unspecified atom stereocenters. The van der Waals surface area contributed by atoms with Crippen LogP contribution in [0.3, 0.4) is 0 Å². The molecule has 0 N–H and O–H groups in total. The van der Waals surface area contributed by atoms with Crippen molar-refractivity contribution in [3.8, 4) is 0 Å². The number of benzene rings is 1. The number of nitrogens with zero attached hydrogens (tertiary/aromatic N) is 1. The van der Waals surface area contributed by atoms with Crippen molar-refractivity contribution < 1.29 is 4.79 Å². The van der Waals surface area contributed by atoms with Crippen LogP contribution in [0.5, 0.6) is 0 Å². The van der Waals surface area contributed by atoms with Crippen LogP contribution >= 0.6 is 0 Å². The van der Waals surface area contributed by atoms with Crippen molar-refractivity contribution in [1.82, 2.24) is 4.57 Å². The number of Topliss-reactive ketones (excluding diaryl/α,β-unsaturated/α-hetero) is 1. The van der Waals surface area contributed by atoms with E-state index < -0.39 is 0 Å². The Morgan fingerprint density at radius 2 is 2.00 bits per heavy atom. The molecule has 1 aromatic carbocycles. The molecular formula is C15H19NO. The summed E-state index contributed by atoms with van der Waals surface area (Å²) in [4.78, 5) is 11.6. The molecule has 2 nitrogen and oxygen atoms in total. The van der Waals surface area contributed by atoms with Gasteiger partial charge in [-0.25, -0.2) is 0 Å². The Morgan fingerprint density at radius 3 is 2.65 bits per heavy atom. The molecule has 0 amide bonds. The molecule has 0 fully saturated rings. The van der Waals surface area contributed by atoms with Crippen LogP contribution in [0.4, 0.5) is 0 Å². The van der Waals surface area contributed by atoms with Gasteiger partial charge < -0.3 is 4.57 Å². The number of rotatable bonds is 4. The van der Waals surface area contributed by atoms with Crippen molar-refractivity contribution >= 4 is 16.7 Å². The molecule has 2 rings (SSSR count). The van der Waals surface area contributed by atoms with E-state index in [0.717, 1.165) is 6.42 Å². The molecule has 0 atom stereocenters. The number of para-hydroxylation sites is 1. The predicted molar refractivity (Wildman–Crippen MR) is 71.1 cm³/mol. The second kappa shape index (κ2) is 4.74. The van der Waals surface area contributed by atoms with Crippen molar-refractivity contribution in [1.29, 1.82) is 0 Å². The van der Waals surface area contributed by atoms with E-state index in [9.17, 15) is 4.79 Å². The molecule has 1 heterocycles. The van der Waals surface area contributed by atoms with Crippen LogP contribution in [0.2, 0.25) is 0 Å². The van der Waals surface area contributed by atoms with Gasteiger partial charge in [-0.3, -0.25) is 4.79 Å². The van der Waals surface area contributed by atoms with Gasteiger partial charge in [-0.05, 0) is 23.9 Å². The lowest BCUT2D eigenvalue weighted by molar-refractivity contribution is -0.121. The van der Waals surface area contributed by atoms with Crippen molar-refractivity contribution in [3.63, 3.8) is 0 Å². The Balaban J connectivity index is 2.19. The average Bonchev–Trinajstić information content (AvgIpc) is 2.64. The molecular weight excluding hydrogens is 210 g/mol. The molecule has 0 saturated carbocycles. The van der Waals surface area contributed by atoms with E-state index >= 15 is 0 Å². The molecule has 2 aromatic rings. The zero-order valence-electron chi connectivity index (χ0n) is 10.7. The van der Waals surface area contributed by atoms with Crippen LogP contribution in [-0.2, 0) is 18.3 Å². The first-order valence-electron chi connectivity index (χ1n) is 6.15. The molecule has 0 saturated heterocycles. The fourth-order valence-corrected chi connectivity index (χ4v) is 2.13. The fourth-order valence-electron chi connectivity index (χ4n) is 2.13. The van der Waals surface area contributed by atoms with E-state index in [0.29, 0.717) is 12.2 Å². The second-order valence-corrected chi connectivity index (χ2v) is 4.87. The largest absolute Gasteiger partial charge is 0.348 e. The minimum absolute atomic E-state index is 0.143. The van der Waals surface area contributed by atoms with Gasteiger partial charge in [0.05, 0.1) is 0 Å². The highest BCUT2D eigenvalue weighted by Crippen LogP contribution is 2.19. The number of hydrogen-bond donors (Lipinski definition) is 0. The maximum absolute atomic E-state index is 11.6. The molecule has 0 aliphatic rings. The lowest BCUT2D eigenvalue weighted by Crippen LogP contribution is -2.09. The predicted octanol–water partition coefficient (Wildman–Crippen LogP) is 3.34. The van der Waals surface area contributed by atoms with Gasteiger partial charge in [-0.2, -0.15) is 0 Å². The highest BCUT2D eigenvalue weighted by atomic mass is 16.1. The summed E-state index contributed by atoms with van der Waals surface area (Å²) in [7, 11) is 2.07. The minimum atomic E-state index is 0.143. The summed E-state index contributed by atoms with van der Waals surface area (Å²) in [6.45, 7) is 3.92. The number of fused-ring (bicyclic) bond motifs is 1. The van der Waals surface area contributed by atoms with Crippen LogP contribution in [0.1, 0.15) is 26.0 Å². The summed E-state index contributed by atoms with van der Waals surface area (Å²) in [5.74, 6) is 0.486. The van der Waals surface area contributed by atoms with Gasteiger partial charge in [-0.15, -0.1) is 0 Å². The SMILES string of the molecule is CC(C)C(=O)CCc1cc2ccccc2n1C. The maximum Gasteiger partial charge on any atom is 0.135 e. The summed E-state index contributed by atoms with van der Waals surface area (Å²) < 4.78 is 2.18. The van der Waals surface area contributed by atoms with Crippen LogP contribution in [0.15, 0.2) is 30.3 Å². The molecule has 2 heteroatoms. The topological polar surface area (TPSA) is 22.0 Å². The molecule has 90 valence electrons. The highest BCUT2D eigenvalue weighted by molar-refractivity contribution is 5.82. The Hall–Kier alpha value is -1.57. The molecule has 1 aromatic heterocycles. The van der Waals surface area contributed by atoms with Crippen molar-refractivity contribution in [2.45, 2.75) is 26.7 Å². The Bertz CT molecular complexity index is 537. The van der Waals surface area contributed by atoms with E-state index in [-0.39, 0.29) is 5.92 Å². The van der Waals surface area contributed by atoms with Crippen LogP contribution < -0.4 is 0 Å². The molecule has 17 heavy (non-hydrogen) atoms. The van der Waals surface area contributed by atoms with E-state index in [1.54, 1.807) is 0 Å². The normalized spacial score (nSPS) is 11.3. The number of carbonyl (C=O) groups is 1. The summed E-state index contributed by atoms with van der Waals surface area (Å²) in [6.07, 6.45) is 1.48. The Kier molecular flexibility index (Phi) is 3.32. The third kappa shape index (κ3) is 2.41. The highest BCUT2D eigenvalue weighted by Gasteiger charge is 2.10. The number of ketones is 1. The summed E-state index contributed by atoms with van der Waals surface area (Å²) >= 11 is 0. The zero-order chi connectivity index (χ0) is 12.4. The molecule has 0 spiro atoms. The van der Waals surface area contributed by atoms with Crippen LogP contribution in [-0.4, -0.2) is 10.4 Å². The summed E-state index contributed by atoms with van der Waals surface area (Å²) in [6, 6.07) is 10.5. The van der Waals surface area contributed by atoms with E-state index in [1.165, 1.54) is 16.6 Å². The quantitative estimate of drug-likeness (QED) is 0.788. The summed E-state index contributed by atoms with van der Waals surface area (Å²) in [5, 5.41) is 1.25. The number of carbonyl (C=O) groups excluding carboxylic acids is 1. The number of aryl methyl sites for hydroxylation is 2. The molecule has 0 aliphatic heterocycles. The van der Waals surface area contributed by atoms with Gasteiger partial charge in [0.2, 0.25) is 0 Å². The zero-order valence-corrected chi connectivity index (χ0v) is 10.7. The second-order valence-electron chi connectivity index (χ2n) is 4.87. The third-order valence-electron chi connectivity index (χ3n) is 3.32. The standard InChI is InChI=1S/C15H19NO/c1-11(2)15(17)9-8-13-10-12-6-4-5-7-14(12)16(13)3/h4-7,10-11H,8-9H2,1-3H3. The Labute approximate surface area is 102 Å². The number of hydrogen-bond acceptors (Lipinski definition) is 1. The van der Waals surface area contributed by atoms with Crippen LogP contribution in [0.25, 0.3) is 10.9 Å². The average molecular weight is 229 g/mol. The number of aromatic nitrogens is 1. The first kappa shape index (κ1) is 11.9. The Morgan fingerprint density at radius 1 is 1.29 bits per heavy atom. The molecule has 0 aliphatic carbocycles. The maximum atomic E-state index is 11.6. The van der Waals surface area contributed by atoms with Gasteiger partial charge in [0.25, 0.3) is 0 Å². The van der Waals surface area contributed by atoms with Gasteiger partial charge in [0.1, 0.15) is 5.78 Å². The fraction of sp³-hybridized carbons (Fsp3) is 0.400. The minimum Gasteiger partial charge on any atom is -0.348 e. The van der Waals surface area contributed by atoms with Gasteiger partial charge in [0, 0.05) is 30.6 Å². The molecule has 0 bridgehead atoms. The van der Waals surface area contributed by atoms with Crippen molar-refractivity contribution in [2.24, 2.45) is 13.0 Å². The first-order chi connectivity index (χ1) is 8.09. The van der Waals surface area contributed by atoms with Crippen molar-refractivity contribution in [3.05, 3.63) is 36.0 Å². The van der Waals surface area contributed by atoms with Gasteiger partial charge >= 0.3 is 0 Å². The lowest BCUT2D eigenvalue weighted by atomic mass is 10.0. The van der Waals surface area contributed by atoms with E-state index in [1.807, 2.05) is 26.0 Å². The smallest absolute Gasteiger partial charge is 0.135 e. The lowest BCUT2D eigenvalue weighted by Gasteiger charge is -2.05. The van der Waals surface area contributed by atoms with E-state index in [4.69, 9.17) is 0 Å².